The number of aliphatic hydroxyl groups excluding tert-OH is 1. The molecule has 0 aliphatic carbocycles. The average molecular weight is 331 g/mol. The molecule has 1 saturated heterocycles. The molecule has 0 amide bonds. The molecule has 3 rings (SSSR count). The van der Waals surface area contributed by atoms with Crippen LogP contribution in [0.2, 0.25) is 0 Å². The number of unbranched alkanes of at least 4 members (excludes halogenated alkanes) is 1. The highest BCUT2D eigenvalue weighted by molar-refractivity contribution is 5.48. The van der Waals surface area contributed by atoms with Crippen molar-refractivity contribution in [3.8, 4) is 11.5 Å². The van der Waals surface area contributed by atoms with E-state index in [0.29, 0.717) is 6.04 Å². The van der Waals surface area contributed by atoms with Gasteiger partial charge >= 0.3 is 0 Å². The molecule has 1 aliphatic heterocycles. The highest BCUT2D eigenvalue weighted by Gasteiger charge is 2.21. The van der Waals surface area contributed by atoms with Crippen molar-refractivity contribution in [3.63, 3.8) is 0 Å². The first kappa shape index (κ1) is 17.2. The van der Waals surface area contributed by atoms with Crippen molar-refractivity contribution in [2.24, 2.45) is 0 Å². The molecule has 6 heteroatoms. The lowest BCUT2D eigenvalue weighted by molar-refractivity contribution is 0.0873. The molecule has 2 aromatic heterocycles. The van der Waals surface area contributed by atoms with Gasteiger partial charge in [-0.15, -0.1) is 0 Å². The van der Waals surface area contributed by atoms with E-state index in [9.17, 15) is 5.11 Å². The number of rotatable bonds is 8. The Labute approximate surface area is 143 Å². The molecule has 24 heavy (non-hydrogen) atoms. The van der Waals surface area contributed by atoms with Crippen LogP contribution in [0.3, 0.4) is 0 Å². The van der Waals surface area contributed by atoms with E-state index in [-0.39, 0.29) is 6.61 Å². The normalized spacial score (nSPS) is 19.0. The Balaban J connectivity index is 1.63. The van der Waals surface area contributed by atoms with Gasteiger partial charge in [-0.2, -0.15) is 0 Å². The zero-order valence-corrected chi connectivity index (χ0v) is 14.6. The van der Waals surface area contributed by atoms with E-state index >= 15 is 0 Å². The minimum atomic E-state index is 0.262. The summed E-state index contributed by atoms with van der Waals surface area (Å²) in [7, 11) is 0. The van der Waals surface area contributed by atoms with Crippen LogP contribution in [0.15, 0.2) is 18.6 Å². The van der Waals surface area contributed by atoms with Crippen LogP contribution < -0.4 is 0 Å². The zero-order chi connectivity index (χ0) is 16.8. The minimum absolute atomic E-state index is 0.262. The predicted molar refractivity (Wildman–Crippen MR) is 94.7 cm³/mol. The van der Waals surface area contributed by atoms with Gasteiger partial charge in [-0.1, -0.05) is 19.8 Å². The molecule has 0 spiro atoms. The van der Waals surface area contributed by atoms with Gasteiger partial charge in [0.25, 0.3) is 0 Å². The summed E-state index contributed by atoms with van der Waals surface area (Å²) in [5.41, 5.74) is 0.989. The number of hydrogen-bond donors (Lipinski definition) is 2. The third-order valence-corrected chi connectivity index (χ3v) is 4.94. The number of aryl methyl sites for hydroxylation is 1. The summed E-state index contributed by atoms with van der Waals surface area (Å²) in [6.45, 7) is 5.37. The second-order valence-corrected chi connectivity index (χ2v) is 6.66. The monoisotopic (exact) mass is 331 g/mol. The van der Waals surface area contributed by atoms with Gasteiger partial charge in [0.05, 0.1) is 12.8 Å². The van der Waals surface area contributed by atoms with Crippen molar-refractivity contribution in [1.82, 2.24) is 24.4 Å². The van der Waals surface area contributed by atoms with Gasteiger partial charge in [-0.3, -0.25) is 4.90 Å². The van der Waals surface area contributed by atoms with Crippen LogP contribution >= 0.6 is 0 Å². The summed E-state index contributed by atoms with van der Waals surface area (Å²) in [4.78, 5) is 14.8. The fourth-order valence-corrected chi connectivity index (χ4v) is 3.48. The first-order valence-corrected chi connectivity index (χ1v) is 9.22. The van der Waals surface area contributed by atoms with Crippen molar-refractivity contribution in [1.29, 1.82) is 0 Å². The van der Waals surface area contributed by atoms with Gasteiger partial charge in [0, 0.05) is 37.9 Å². The Kier molecular flexibility index (Phi) is 6.04. The molecule has 3 heterocycles. The van der Waals surface area contributed by atoms with Gasteiger partial charge in [0.2, 0.25) is 0 Å². The molecule has 0 aromatic carbocycles. The van der Waals surface area contributed by atoms with E-state index in [0.717, 1.165) is 56.2 Å². The van der Waals surface area contributed by atoms with Crippen LogP contribution in [0.5, 0.6) is 0 Å². The third kappa shape index (κ3) is 4.05. The highest BCUT2D eigenvalue weighted by Crippen LogP contribution is 2.19. The number of nitrogens with one attached hydrogen (secondary N) is 1. The Morgan fingerprint density at radius 2 is 2.21 bits per heavy atom. The Hall–Kier alpha value is -1.66. The van der Waals surface area contributed by atoms with E-state index < -0.39 is 0 Å². The molecular formula is C18H29N5O. The van der Waals surface area contributed by atoms with Crippen LogP contribution in [-0.2, 0) is 13.0 Å². The number of piperidine rings is 1. The van der Waals surface area contributed by atoms with Crippen LogP contribution in [0, 0.1) is 0 Å². The maximum atomic E-state index is 9.55. The quantitative estimate of drug-likeness (QED) is 0.779. The Bertz CT molecular complexity index is 620. The molecule has 2 aromatic rings. The SMILES string of the molecule is CCCCc1ncc(-c2nccn2CCN2CCCC[C@H]2CO)[nH]1. The number of aromatic nitrogens is 4. The van der Waals surface area contributed by atoms with Crippen LogP contribution in [0.4, 0.5) is 0 Å². The van der Waals surface area contributed by atoms with Crippen LogP contribution in [-0.4, -0.2) is 55.3 Å². The largest absolute Gasteiger partial charge is 0.395 e. The molecule has 6 nitrogen and oxygen atoms in total. The molecule has 1 atom stereocenters. The predicted octanol–water partition coefficient (Wildman–Crippen LogP) is 2.46. The van der Waals surface area contributed by atoms with Gasteiger partial charge in [0.1, 0.15) is 11.5 Å². The van der Waals surface area contributed by atoms with Crippen LogP contribution in [0.25, 0.3) is 11.5 Å². The molecule has 1 fully saturated rings. The van der Waals surface area contributed by atoms with Gasteiger partial charge < -0.3 is 14.7 Å². The first-order valence-electron chi connectivity index (χ1n) is 9.22. The first-order chi connectivity index (χ1) is 11.8. The smallest absolute Gasteiger partial charge is 0.158 e. The maximum Gasteiger partial charge on any atom is 0.158 e. The van der Waals surface area contributed by atoms with Gasteiger partial charge in [-0.05, 0) is 25.8 Å². The van der Waals surface area contributed by atoms with E-state index in [2.05, 4.69) is 31.3 Å². The van der Waals surface area contributed by atoms with Crippen molar-refractivity contribution in [3.05, 3.63) is 24.4 Å². The van der Waals surface area contributed by atoms with E-state index in [1.54, 1.807) is 0 Å². The van der Waals surface area contributed by atoms with Crippen molar-refractivity contribution in [2.45, 2.75) is 58.0 Å². The summed E-state index contributed by atoms with van der Waals surface area (Å²) in [6.07, 6.45) is 12.6. The lowest BCUT2D eigenvalue weighted by Gasteiger charge is -2.34. The maximum absolute atomic E-state index is 9.55. The summed E-state index contributed by atoms with van der Waals surface area (Å²) in [5.74, 6) is 1.99. The summed E-state index contributed by atoms with van der Waals surface area (Å²) in [5, 5.41) is 9.55. The molecule has 0 bridgehead atoms. The van der Waals surface area contributed by atoms with Crippen molar-refractivity contribution < 1.29 is 5.11 Å². The Morgan fingerprint density at radius 3 is 3.04 bits per heavy atom. The van der Waals surface area contributed by atoms with Gasteiger partial charge in [0.15, 0.2) is 5.82 Å². The standard InChI is InChI=1S/C18H29N5O/c1-2-3-7-17-20-13-16(21-17)18-19-8-10-23(18)12-11-22-9-5-4-6-15(22)14-24/h8,10,13,15,24H,2-7,9,11-12,14H2,1H3,(H,20,21)/t15-/m0/s1. The second kappa shape index (κ2) is 8.44. The topological polar surface area (TPSA) is 70.0 Å². The van der Waals surface area contributed by atoms with Crippen molar-refractivity contribution >= 4 is 0 Å². The minimum Gasteiger partial charge on any atom is -0.395 e. The molecule has 0 radical (unpaired) electrons. The highest BCUT2D eigenvalue weighted by atomic mass is 16.3. The van der Waals surface area contributed by atoms with Crippen LogP contribution in [0.1, 0.15) is 44.9 Å². The fourth-order valence-electron chi connectivity index (χ4n) is 3.48. The summed E-state index contributed by atoms with van der Waals surface area (Å²) >= 11 is 0. The number of hydrogen-bond acceptors (Lipinski definition) is 4. The number of imidazole rings is 2. The number of nitrogens with zero attached hydrogens (tertiary/aromatic N) is 4. The number of aliphatic hydroxyl groups is 1. The molecule has 1 aliphatic rings. The number of aromatic amines is 1. The molecular weight excluding hydrogens is 302 g/mol. The molecule has 0 saturated carbocycles. The third-order valence-electron chi connectivity index (χ3n) is 4.94. The lowest BCUT2D eigenvalue weighted by atomic mass is 10.0. The van der Waals surface area contributed by atoms with E-state index in [1.807, 2.05) is 18.6 Å². The van der Waals surface area contributed by atoms with E-state index in [4.69, 9.17) is 0 Å². The molecule has 132 valence electrons. The molecule has 2 N–H and O–H groups in total. The number of likely N-dealkylation sites (tertiary alicyclic amines) is 1. The Morgan fingerprint density at radius 1 is 1.29 bits per heavy atom. The van der Waals surface area contributed by atoms with E-state index in [1.165, 1.54) is 19.3 Å². The summed E-state index contributed by atoms with van der Waals surface area (Å²) < 4.78 is 2.18. The lowest BCUT2D eigenvalue weighted by Crippen LogP contribution is -2.43. The van der Waals surface area contributed by atoms with Crippen molar-refractivity contribution in [2.75, 3.05) is 19.7 Å². The molecule has 0 unspecified atom stereocenters. The second-order valence-electron chi connectivity index (χ2n) is 6.66. The summed E-state index contributed by atoms with van der Waals surface area (Å²) in [6, 6.07) is 0.318. The van der Waals surface area contributed by atoms with Gasteiger partial charge in [-0.25, -0.2) is 9.97 Å². The zero-order valence-electron chi connectivity index (χ0n) is 14.6. The number of H-pyrrole nitrogens is 1. The fraction of sp³-hybridized carbons (Fsp3) is 0.667. The average Bonchev–Trinajstić information content (AvgIpc) is 3.27.